The van der Waals surface area contributed by atoms with Crippen molar-refractivity contribution in [1.82, 2.24) is 4.31 Å². The molecule has 2 aliphatic rings. The molecule has 2 unspecified atom stereocenters. The molecular weight excluding hydrogens is 585 g/mol. The molecule has 0 radical (unpaired) electrons. The van der Waals surface area contributed by atoms with E-state index in [2.05, 4.69) is 0 Å². The Morgan fingerprint density at radius 1 is 1.07 bits per heavy atom. The van der Waals surface area contributed by atoms with Crippen molar-refractivity contribution >= 4 is 16.0 Å². The molecule has 0 fully saturated rings. The standard InChI is InChI=1S/C34H40FNO7S/c1-6-36(44(38,39)7-2)14-15-41-25-16-21(3)33(22(4)17-25)27-10-12-29(35)34-28(27)11-13-30(34)43-24-8-9-26-23(18-32(37)40-5)20-42-31(26)19-24/h8-10,12,16-17,19,23,30H,6-7,11,13-15,18,20H2,1-5H3. The quantitative estimate of drug-likeness (QED) is 0.219. The molecule has 44 heavy (non-hydrogen) atoms. The third-order valence-corrected chi connectivity index (χ3v) is 10.5. The van der Waals surface area contributed by atoms with Crippen LogP contribution in [0.4, 0.5) is 4.39 Å². The lowest BCUT2D eigenvalue weighted by Gasteiger charge is -2.21. The molecule has 0 aromatic heterocycles. The van der Waals surface area contributed by atoms with E-state index in [0.717, 1.165) is 33.4 Å². The fourth-order valence-electron chi connectivity index (χ4n) is 6.35. The third kappa shape index (κ3) is 6.42. The molecule has 0 amide bonds. The SMILES string of the molecule is CCN(CCOc1cc(C)c(-c2ccc(F)c3c2CCC3Oc2ccc3c(c2)OCC3CC(=O)OC)c(C)c1)S(=O)(=O)CC. The van der Waals surface area contributed by atoms with E-state index in [-0.39, 0.29) is 43.0 Å². The molecule has 0 spiro atoms. The molecule has 3 aromatic rings. The molecular formula is C34H40FNO7S. The Hall–Kier alpha value is -3.63. The average Bonchev–Trinajstić information content (AvgIpc) is 3.60. The summed E-state index contributed by atoms with van der Waals surface area (Å²) in [5, 5.41) is 0. The molecule has 2 atom stereocenters. The molecule has 3 aromatic carbocycles. The number of nitrogens with zero attached hydrogens (tertiary/aromatic N) is 1. The summed E-state index contributed by atoms with van der Waals surface area (Å²) in [7, 11) is -1.90. The highest BCUT2D eigenvalue weighted by Gasteiger charge is 2.32. The van der Waals surface area contributed by atoms with E-state index in [1.165, 1.54) is 17.5 Å². The lowest BCUT2D eigenvalue weighted by Crippen LogP contribution is -2.35. The van der Waals surface area contributed by atoms with Gasteiger partial charge >= 0.3 is 5.97 Å². The van der Waals surface area contributed by atoms with Gasteiger partial charge in [0.1, 0.15) is 35.8 Å². The van der Waals surface area contributed by atoms with Gasteiger partial charge in [0.25, 0.3) is 0 Å². The van der Waals surface area contributed by atoms with Gasteiger partial charge in [0.15, 0.2) is 0 Å². The maximum absolute atomic E-state index is 15.4. The van der Waals surface area contributed by atoms with Crippen molar-refractivity contribution in [3.63, 3.8) is 0 Å². The van der Waals surface area contributed by atoms with Crippen LogP contribution in [-0.4, -0.2) is 57.9 Å². The summed E-state index contributed by atoms with van der Waals surface area (Å²) in [6.07, 6.45) is 1.12. The number of halogens is 1. The van der Waals surface area contributed by atoms with Gasteiger partial charge in [0.05, 0.1) is 25.9 Å². The number of benzene rings is 3. The lowest BCUT2D eigenvalue weighted by molar-refractivity contribution is -0.141. The molecule has 0 N–H and O–H groups in total. The first kappa shape index (κ1) is 31.8. The molecule has 5 rings (SSSR count). The van der Waals surface area contributed by atoms with Crippen LogP contribution in [0, 0.1) is 19.7 Å². The number of hydrogen-bond acceptors (Lipinski definition) is 7. The minimum absolute atomic E-state index is 0.0578. The number of sulfonamides is 1. The Balaban J connectivity index is 1.33. The smallest absolute Gasteiger partial charge is 0.306 e. The van der Waals surface area contributed by atoms with Gasteiger partial charge in [0.2, 0.25) is 10.0 Å². The summed E-state index contributed by atoms with van der Waals surface area (Å²) in [4.78, 5) is 11.8. The van der Waals surface area contributed by atoms with Gasteiger partial charge < -0.3 is 18.9 Å². The molecule has 1 aliphatic carbocycles. The predicted molar refractivity (Wildman–Crippen MR) is 167 cm³/mol. The van der Waals surface area contributed by atoms with E-state index in [1.807, 2.05) is 57.2 Å². The molecule has 0 bridgehead atoms. The van der Waals surface area contributed by atoms with E-state index in [4.69, 9.17) is 18.9 Å². The van der Waals surface area contributed by atoms with Crippen LogP contribution in [0.2, 0.25) is 0 Å². The largest absolute Gasteiger partial charge is 0.492 e. The zero-order chi connectivity index (χ0) is 31.6. The summed E-state index contributed by atoms with van der Waals surface area (Å²) < 4.78 is 64.2. The number of aryl methyl sites for hydroxylation is 2. The zero-order valence-electron chi connectivity index (χ0n) is 25.9. The van der Waals surface area contributed by atoms with Crippen LogP contribution in [-0.2, 0) is 26.0 Å². The Morgan fingerprint density at radius 3 is 2.50 bits per heavy atom. The van der Waals surface area contributed by atoms with Gasteiger partial charge in [-0.05, 0) is 85.7 Å². The normalized spacial score (nSPS) is 17.2. The van der Waals surface area contributed by atoms with Crippen molar-refractivity contribution in [2.24, 2.45) is 0 Å². The number of likely N-dealkylation sites (N-methyl/N-ethyl adjacent to an activating group) is 1. The molecule has 236 valence electrons. The zero-order valence-corrected chi connectivity index (χ0v) is 26.8. The topological polar surface area (TPSA) is 91.4 Å². The maximum atomic E-state index is 15.4. The van der Waals surface area contributed by atoms with E-state index in [0.29, 0.717) is 48.8 Å². The highest BCUT2D eigenvalue weighted by molar-refractivity contribution is 7.89. The van der Waals surface area contributed by atoms with Gasteiger partial charge in [-0.25, -0.2) is 12.8 Å². The molecule has 8 nitrogen and oxygen atoms in total. The average molecular weight is 626 g/mol. The number of hydrogen-bond donors (Lipinski definition) is 0. The van der Waals surface area contributed by atoms with Gasteiger partial charge in [-0.15, -0.1) is 0 Å². The minimum atomic E-state index is -3.28. The highest BCUT2D eigenvalue weighted by Crippen LogP contribution is 2.45. The Morgan fingerprint density at radius 2 is 1.82 bits per heavy atom. The van der Waals surface area contributed by atoms with Gasteiger partial charge in [-0.2, -0.15) is 4.31 Å². The molecule has 0 saturated carbocycles. The molecule has 1 heterocycles. The summed E-state index contributed by atoms with van der Waals surface area (Å²) >= 11 is 0. The summed E-state index contributed by atoms with van der Waals surface area (Å²) in [5.41, 5.74) is 6.43. The van der Waals surface area contributed by atoms with Crippen LogP contribution in [0.1, 0.15) is 66.5 Å². The van der Waals surface area contributed by atoms with Crippen LogP contribution < -0.4 is 14.2 Å². The molecule has 0 saturated heterocycles. The fourth-order valence-corrected chi connectivity index (χ4v) is 7.46. The first-order valence-corrected chi connectivity index (χ1v) is 16.7. The Bertz CT molecular complexity index is 1630. The Kier molecular flexibility index (Phi) is 9.51. The van der Waals surface area contributed by atoms with Crippen LogP contribution in [0.25, 0.3) is 11.1 Å². The summed E-state index contributed by atoms with van der Waals surface area (Å²) in [6, 6.07) is 12.8. The number of methoxy groups -OCH3 is 1. The minimum Gasteiger partial charge on any atom is -0.492 e. The van der Waals surface area contributed by atoms with Gasteiger partial charge in [0, 0.05) is 36.2 Å². The summed E-state index contributed by atoms with van der Waals surface area (Å²) in [6.45, 7) is 8.79. The monoisotopic (exact) mass is 625 g/mol. The second-order valence-electron chi connectivity index (χ2n) is 11.3. The van der Waals surface area contributed by atoms with Crippen LogP contribution in [0.3, 0.4) is 0 Å². The Labute approximate surface area is 259 Å². The first-order chi connectivity index (χ1) is 21.1. The highest BCUT2D eigenvalue weighted by atomic mass is 32.2. The second kappa shape index (κ2) is 13.2. The number of carbonyl (C=O) groups is 1. The number of rotatable bonds is 12. The second-order valence-corrected chi connectivity index (χ2v) is 13.6. The van der Waals surface area contributed by atoms with Crippen molar-refractivity contribution in [2.45, 2.75) is 59.0 Å². The van der Waals surface area contributed by atoms with E-state index in [9.17, 15) is 13.2 Å². The molecule has 1 aliphatic heterocycles. The van der Waals surface area contributed by atoms with Crippen molar-refractivity contribution in [2.75, 3.05) is 39.2 Å². The van der Waals surface area contributed by atoms with Crippen LogP contribution >= 0.6 is 0 Å². The number of ether oxygens (including phenoxy) is 4. The summed E-state index contributed by atoms with van der Waals surface area (Å²) in [5.74, 6) is 1.35. The fraction of sp³-hybridized carbons (Fsp3) is 0.441. The maximum Gasteiger partial charge on any atom is 0.306 e. The van der Waals surface area contributed by atoms with Gasteiger partial charge in [-0.1, -0.05) is 19.1 Å². The number of carbonyl (C=O) groups excluding carboxylic acids is 1. The van der Waals surface area contributed by atoms with Crippen molar-refractivity contribution < 1.29 is 36.6 Å². The van der Waals surface area contributed by atoms with Crippen molar-refractivity contribution in [1.29, 1.82) is 0 Å². The molecule has 10 heteroatoms. The van der Waals surface area contributed by atoms with E-state index < -0.39 is 16.1 Å². The first-order valence-electron chi connectivity index (χ1n) is 15.1. The predicted octanol–water partition coefficient (Wildman–Crippen LogP) is 6.27. The van der Waals surface area contributed by atoms with E-state index in [1.54, 1.807) is 6.92 Å². The number of esters is 1. The van der Waals surface area contributed by atoms with Crippen molar-refractivity contribution in [3.05, 3.63) is 76.1 Å². The third-order valence-electron chi connectivity index (χ3n) is 8.56. The van der Waals surface area contributed by atoms with Gasteiger partial charge in [-0.3, -0.25) is 4.79 Å². The van der Waals surface area contributed by atoms with Crippen LogP contribution in [0.15, 0.2) is 42.5 Å². The number of fused-ring (bicyclic) bond motifs is 2. The lowest BCUT2D eigenvalue weighted by atomic mass is 9.90. The van der Waals surface area contributed by atoms with Crippen molar-refractivity contribution in [3.8, 4) is 28.4 Å². The van der Waals surface area contributed by atoms with E-state index >= 15 is 4.39 Å². The van der Waals surface area contributed by atoms with Crippen LogP contribution in [0.5, 0.6) is 17.2 Å².